The molecule has 0 aliphatic carbocycles. The molecule has 0 radical (unpaired) electrons. The van der Waals surface area contributed by atoms with E-state index < -0.39 is 0 Å². The van der Waals surface area contributed by atoms with Gasteiger partial charge in [0.15, 0.2) is 0 Å². The highest BCUT2D eigenvalue weighted by Gasteiger charge is 2.22. The number of carbonyl (C=O) groups is 1. The van der Waals surface area contributed by atoms with Crippen LogP contribution in [0.15, 0.2) is 18.2 Å². The van der Waals surface area contributed by atoms with Gasteiger partial charge in [-0.25, -0.2) is 0 Å². The number of fused-ring (bicyclic) bond motifs is 1. The summed E-state index contributed by atoms with van der Waals surface area (Å²) < 4.78 is 0. The maximum absolute atomic E-state index is 12.3. The van der Waals surface area contributed by atoms with Gasteiger partial charge in [-0.1, -0.05) is 6.07 Å². The minimum Gasteiger partial charge on any atom is -0.508 e. The second-order valence-electron chi connectivity index (χ2n) is 5.92. The minimum atomic E-state index is 0. The Morgan fingerprint density at radius 3 is 3.00 bits per heavy atom. The summed E-state index contributed by atoms with van der Waals surface area (Å²) >= 11 is 0. The van der Waals surface area contributed by atoms with E-state index in [1.807, 2.05) is 11.0 Å². The van der Waals surface area contributed by atoms with E-state index in [1.54, 1.807) is 12.1 Å². The van der Waals surface area contributed by atoms with Gasteiger partial charge in [0.1, 0.15) is 5.75 Å². The summed E-state index contributed by atoms with van der Waals surface area (Å²) in [6.07, 6.45) is 3.74. The number of carbonyl (C=O) groups excluding carboxylic acids is 1. The van der Waals surface area contributed by atoms with Crippen LogP contribution in [-0.2, 0) is 17.8 Å². The van der Waals surface area contributed by atoms with E-state index in [0.29, 0.717) is 18.9 Å². The van der Waals surface area contributed by atoms with Crippen LogP contribution >= 0.6 is 12.4 Å². The van der Waals surface area contributed by atoms with Crippen LogP contribution in [0.4, 0.5) is 0 Å². The van der Waals surface area contributed by atoms with Gasteiger partial charge in [0, 0.05) is 19.5 Å². The summed E-state index contributed by atoms with van der Waals surface area (Å²) in [5.41, 5.74) is 2.35. The molecule has 116 valence electrons. The SMILES string of the molecule is Cl.O=C(CCC1CCNC1)N1CCc2ccc(O)cc2C1. The number of amides is 1. The van der Waals surface area contributed by atoms with Crippen molar-refractivity contribution < 1.29 is 9.90 Å². The molecule has 1 atom stereocenters. The Morgan fingerprint density at radius 2 is 2.24 bits per heavy atom. The van der Waals surface area contributed by atoms with Gasteiger partial charge in [0.2, 0.25) is 5.91 Å². The lowest BCUT2D eigenvalue weighted by Crippen LogP contribution is -2.36. The number of hydrogen-bond acceptors (Lipinski definition) is 3. The Bertz CT molecular complexity index is 501. The molecule has 1 fully saturated rings. The first-order valence-corrected chi connectivity index (χ1v) is 7.51. The van der Waals surface area contributed by atoms with E-state index in [2.05, 4.69) is 5.32 Å². The Morgan fingerprint density at radius 1 is 1.38 bits per heavy atom. The second kappa shape index (κ2) is 7.14. The number of phenols is 1. The smallest absolute Gasteiger partial charge is 0.222 e. The predicted octanol–water partition coefficient (Wildman–Crippen LogP) is 2.09. The molecule has 2 aliphatic heterocycles. The number of aromatic hydroxyl groups is 1. The zero-order valence-electron chi connectivity index (χ0n) is 12.2. The molecular weight excluding hydrogens is 288 g/mol. The van der Waals surface area contributed by atoms with Crippen LogP contribution < -0.4 is 5.32 Å². The highest BCUT2D eigenvalue weighted by atomic mass is 35.5. The molecule has 3 rings (SSSR count). The molecule has 1 saturated heterocycles. The first-order chi connectivity index (χ1) is 9.72. The molecule has 2 N–H and O–H groups in total. The number of halogens is 1. The van der Waals surface area contributed by atoms with Crippen molar-refractivity contribution >= 4 is 18.3 Å². The van der Waals surface area contributed by atoms with Gasteiger partial charge >= 0.3 is 0 Å². The largest absolute Gasteiger partial charge is 0.508 e. The Balaban J connectivity index is 0.00000161. The summed E-state index contributed by atoms with van der Waals surface area (Å²) in [7, 11) is 0. The van der Waals surface area contributed by atoms with Crippen molar-refractivity contribution in [3.63, 3.8) is 0 Å². The summed E-state index contributed by atoms with van der Waals surface area (Å²) in [5, 5.41) is 12.9. The molecule has 5 heteroatoms. The molecule has 21 heavy (non-hydrogen) atoms. The molecule has 4 nitrogen and oxygen atoms in total. The lowest BCUT2D eigenvalue weighted by Gasteiger charge is -2.29. The van der Waals surface area contributed by atoms with Gasteiger partial charge in [0.05, 0.1) is 0 Å². The standard InChI is InChI=1S/C16H22N2O2.ClH/c19-15-3-2-13-6-8-18(11-14(13)9-15)16(20)4-1-12-5-7-17-10-12;/h2-3,9,12,17,19H,1,4-8,10-11H2;1H. The van der Waals surface area contributed by atoms with Crippen LogP contribution in [0.25, 0.3) is 0 Å². The van der Waals surface area contributed by atoms with Crippen LogP contribution in [0.5, 0.6) is 5.75 Å². The molecule has 0 aromatic heterocycles. The zero-order chi connectivity index (χ0) is 13.9. The Kier molecular flexibility index (Phi) is 5.48. The molecule has 0 saturated carbocycles. The first-order valence-electron chi connectivity index (χ1n) is 7.51. The average Bonchev–Trinajstić information content (AvgIpc) is 2.97. The third kappa shape index (κ3) is 3.89. The molecule has 0 spiro atoms. The maximum Gasteiger partial charge on any atom is 0.222 e. The van der Waals surface area contributed by atoms with Crippen LogP contribution in [0, 0.1) is 5.92 Å². The van der Waals surface area contributed by atoms with Gasteiger partial charge in [-0.05, 0) is 61.5 Å². The van der Waals surface area contributed by atoms with E-state index in [9.17, 15) is 9.90 Å². The first kappa shape index (κ1) is 16.1. The van der Waals surface area contributed by atoms with Gasteiger partial charge < -0.3 is 15.3 Å². The number of rotatable bonds is 3. The third-order valence-electron chi connectivity index (χ3n) is 4.48. The Hall–Kier alpha value is -1.26. The fraction of sp³-hybridized carbons (Fsp3) is 0.562. The molecule has 1 aromatic rings. The predicted molar refractivity (Wildman–Crippen MR) is 84.7 cm³/mol. The van der Waals surface area contributed by atoms with Crippen LogP contribution in [-0.4, -0.2) is 35.5 Å². The highest BCUT2D eigenvalue weighted by Crippen LogP contribution is 2.24. The van der Waals surface area contributed by atoms with Gasteiger partial charge in [-0.15, -0.1) is 12.4 Å². The van der Waals surface area contributed by atoms with Crippen molar-refractivity contribution in [1.82, 2.24) is 10.2 Å². The number of nitrogens with one attached hydrogen (secondary N) is 1. The Labute approximate surface area is 131 Å². The van der Waals surface area contributed by atoms with Crippen molar-refractivity contribution in [3.05, 3.63) is 29.3 Å². The topological polar surface area (TPSA) is 52.6 Å². The zero-order valence-corrected chi connectivity index (χ0v) is 13.0. The van der Waals surface area contributed by atoms with Crippen molar-refractivity contribution in [1.29, 1.82) is 0 Å². The van der Waals surface area contributed by atoms with Crippen molar-refractivity contribution in [2.45, 2.75) is 32.2 Å². The minimum absolute atomic E-state index is 0. The molecule has 2 aliphatic rings. The quantitative estimate of drug-likeness (QED) is 0.899. The van der Waals surface area contributed by atoms with E-state index >= 15 is 0 Å². The lowest BCUT2D eigenvalue weighted by molar-refractivity contribution is -0.132. The normalized spacial score (nSPS) is 20.8. The molecule has 1 aromatic carbocycles. The monoisotopic (exact) mass is 310 g/mol. The van der Waals surface area contributed by atoms with Crippen LogP contribution in [0.3, 0.4) is 0 Å². The fourth-order valence-corrected chi connectivity index (χ4v) is 3.20. The summed E-state index contributed by atoms with van der Waals surface area (Å²) in [5.74, 6) is 1.21. The molecule has 2 heterocycles. The molecule has 1 amide bonds. The number of hydrogen-bond donors (Lipinski definition) is 2. The average molecular weight is 311 g/mol. The highest BCUT2D eigenvalue weighted by molar-refractivity contribution is 5.85. The van der Waals surface area contributed by atoms with E-state index in [1.165, 1.54) is 12.0 Å². The molecule has 1 unspecified atom stereocenters. The summed E-state index contributed by atoms with van der Waals surface area (Å²) in [6.45, 7) is 3.60. The summed E-state index contributed by atoms with van der Waals surface area (Å²) in [4.78, 5) is 14.2. The maximum atomic E-state index is 12.3. The van der Waals surface area contributed by atoms with Gasteiger partial charge in [-0.3, -0.25) is 4.79 Å². The van der Waals surface area contributed by atoms with E-state index in [-0.39, 0.29) is 24.1 Å². The van der Waals surface area contributed by atoms with Gasteiger partial charge in [-0.2, -0.15) is 0 Å². The number of phenolic OH excluding ortho intramolecular Hbond substituents is 1. The third-order valence-corrected chi connectivity index (χ3v) is 4.48. The van der Waals surface area contributed by atoms with E-state index in [0.717, 1.165) is 38.0 Å². The van der Waals surface area contributed by atoms with Crippen molar-refractivity contribution in [3.8, 4) is 5.75 Å². The molecular formula is C16H23ClN2O2. The van der Waals surface area contributed by atoms with Crippen LogP contribution in [0.2, 0.25) is 0 Å². The van der Waals surface area contributed by atoms with E-state index in [4.69, 9.17) is 0 Å². The van der Waals surface area contributed by atoms with Crippen molar-refractivity contribution in [2.24, 2.45) is 5.92 Å². The van der Waals surface area contributed by atoms with Crippen molar-refractivity contribution in [2.75, 3.05) is 19.6 Å². The lowest BCUT2D eigenvalue weighted by atomic mass is 9.98. The molecule has 0 bridgehead atoms. The second-order valence-corrected chi connectivity index (χ2v) is 5.92. The van der Waals surface area contributed by atoms with Crippen LogP contribution in [0.1, 0.15) is 30.4 Å². The fourth-order valence-electron chi connectivity index (χ4n) is 3.20. The number of benzene rings is 1. The number of nitrogens with zero attached hydrogens (tertiary/aromatic N) is 1. The van der Waals surface area contributed by atoms with Gasteiger partial charge in [0.25, 0.3) is 0 Å². The summed E-state index contributed by atoms with van der Waals surface area (Å²) in [6, 6.07) is 5.48.